The van der Waals surface area contributed by atoms with Crippen LogP contribution in [0.3, 0.4) is 0 Å². The number of esters is 1. The van der Waals surface area contributed by atoms with Crippen molar-refractivity contribution in [3.8, 4) is 0 Å². The summed E-state index contributed by atoms with van der Waals surface area (Å²) in [5, 5.41) is 4.94. The van der Waals surface area contributed by atoms with Crippen LogP contribution in [0.15, 0.2) is 18.2 Å². The van der Waals surface area contributed by atoms with E-state index in [1.807, 2.05) is 12.2 Å². The molecular formula is C13H14Cl2N2O4. The largest absolute Gasteiger partial charge is 0.452 e. The summed E-state index contributed by atoms with van der Waals surface area (Å²) in [7, 11) is 0. The molecule has 0 saturated heterocycles. The number of halogens is 2. The number of nitrogens with one attached hydrogen (secondary N) is 2. The topological polar surface area (TPSA) is 84.5 Å². The van der Waals surface area contributed by atoms with Gasteiger partial charge in [-0.1, -0.05) is 30.1 Å². The molecule has 0 spiro atoms. The number of imide groups is 1. The number of ether oxygens (including phenoxy) is 1. The minimum Gasteiger partial charge on any atom is -0.452 e. The summed E-state index contributed by atoms with van der Waals surface area (Å²) < 4.78 is 4.76. The van der Waals surface area contributed by atoms with E-state index in [-0.39, 0.29) is 10.6 Å². The second-order valence-electron chi connectivity index (χ2n) is 4.00. The summed E-state index contributed by atoms with van der Waals surface area (Å²) in [6.07, 6.45) is 0.740. The maximum Gasteiger partial charge on any atom is 0.340 e. The van der Waals surface area contributed by atoms with E-state index in [1.54, 1.807) is 0 Å². The van der Waals surface area contributed by atoms with Gasteiger partial charge in [-0.2, -0.15) is 0 Å². The average molecular weight is 333 g/mol. The smallest absolute Gasteiger partial charge is 0.340 e. The van der Waals surface area contributed by atoms with Crippen molar-refractivity contribution < 1.29 is 19.1 Å². The third kappa shape index (κ3) is 6.01. The Kier molecular flexibility index (Phi) is 6.98. The van der Waals surface area contributed by atoms with Gasteiger partial charge in [0.1, 0.15) is 0 Å². The normalized spacial score (nSPS) is 9.86. The molecule has 0 saturated carbocycles. The molecule has 2 N–H and O–H groups in total. The molecule has 0 atom stereocenters. The maximum atomic E-state index is 11.7. The van der Waals surface area contributed by atoms with Crippen LogP contribution in [0.2, 0.25) is 10.0 Å². The van der Waals surface area contributed by atoms with E-state index in [4.69, 9.17) is 27.9 Å². The molecule has 3 amide bonds. The van der Waals surface area contributed by atoms with Gasteiger partial charge in [0.25, 0.3) is 5.91 Å². The lowest BCUT2D eigenvalue weighted by atomic mass is 10.2. The number of benzene rings is 1. The number of rotatable bonds is 5. The van der Waals surface area contributed by atoms with Crippen LogP contribution >= 0.6 is 23.2 Å². The Hall–Kier alpha value is -1.79. The Labute approximate surface area is 131 Å². The van der Waals surface area contributed by atoms with Crippen LogP contribution in [0.1, 0.15) is 23.7 Å². The van der Waals surface area contributed by atoms with Crippen molar-refractivity contribution in [3.05, 3.63) is 33.8 Å². The SMILES string of the molecule is CCCNC(=O)NC(=O)COC(=O)c1cc(Cl)ccc1Cl. The summed E-state index contributed by atoms with van der Waals surface area (Å²) in [6, 6.07) is 3.65. The van der Waals surface area contributed by atoms with Gasteiger partial charge < -0.3 is 10.1 Å². The van der Waals surface area contributed by atoms with Crippen LogP contribution in [0.4, 0.5) is 4.79 Å². The summed E-state index contributed by atoms with van der Waals surface area (Å²) in [6.45, 7) is 1.72. The van der Waals surface area contributed by atoms with Gasteiger partial charge in [0.2, 0.25) is 0 Å². The molecule has 6 nitrogen and oxygen atoms in total. The molecule has 0 aromatic heterocycles. The highest BCUT2D eigenvalue weighted by Gasteiger charge is 2.15. The Bertz CT molecular complexity index is 549. The molecule has 1 rings (SSSR count). The van der Waals surface area contributed by atoms with E-state index in [0.717, 1.165) is 6.42 Å². The molecule has 1 aromatic carbocycles. The van der Waals surface area contributed by atoms with Crippen LogP contribution in [0.5, 0.6) is 0 Å². The molecule has 8 heteroatoms. The molecule has 114 valence electrons. The number of amides is 3. The summed E-state index contributed by atoms with van der Waals surface area (Å²) in [5.41, 5.74) is 0.0485. The lowest BCUT2D eigenvalue weighted by molar-refractivity contribution is -0.123. The lowest BCUT2D eigenvalue weighted by Gasteiger charge is -2.07. The van der Waals surface area contributed by atoms with Gasteiger partial charge in [0.15, 0.2) is 6.61 Å². The highest BCUT2D eigenvalue weighted by Crippen LogP contribution is 2.21. The molecule has 0 radical (unpaired) electrons. The fraction of sp³-hybridized carbons (Fsp3) is 0.308. The molecule has 0 aliphatic heterocycles. The van der Waals surface area contributed by atoms with Crippen molar-refractivity contribution in [3.63, 3.8) is 0 Å². The Morgan fingerprint density at radius 3 is 2.62 bits per heavy atom. The van der Waals surface area contributed by atoms with Crippen molar-refractivity contribution in [2.24, 2.45) is 0 Å². The maximum absolute atomic E-state index is 11.7. The van der Waals surface area contributed by atoms with Crippen LogP contribution in [0, 0.1) is 0 Å². The monoisotopic (exact) mass is 332 g/mol. The van der Waals surface area contributed by atoms with Crippen LogP contribution < -0.4 is 10.6 Å². The number of hydrogen-bond donors (Lipinski definition) is 2. The minimum atomic E-state index is -0.799. The van der Waals surface area contributed by atoms with E-state index < -0.39 is 24.5 Å². The zero-order chi connectivity index (χ0) is 15.8. The van der Waals surface area contributed by atoms with Crippen LogP contribution in [-0.4, -0.2) is 31.1 Å². The quantitative estimate of drug-likeness (QED) is 0.811. The summed E-state index contributed by atoms with van der Waals surface area (Å²) in [4.78, 5) is 34.3. The highest BCUT2D eigenvalue weighted by molar-refractivity contribution is 6.35. The van der Waals surface area contributed by atoms with E-state index in [1.165, 1.54) is 18.2 Å². The second kappa shape index (κ2) is 8.49. The predicted octanol–water partition coefficient (Wildman–Crippen LogP) is 2.39. The van der Waals surface area contributed by atoms with E-state index in [0.29, 0.717) is 11.6 Å². The molecule has 21 heavy (non-hydrogen) atoms. The highest BCUT2D eigenvalue weighted by atomic mass is 35.5. The number of carbonyl (C=O) groups is 3. The van der Waals surface area contributed by atoms with Gasteiger partial charge in [0, 0.05) is 11.6 Å². The van der Waals surface area contributed by atoms with E-state index in [2.05, 4.69) is 5.32 Å². The summed E-state index contributed by atoms with van der Waals surface area (Å²) >= 11 is 11.6. The van der Waals surface area contributed by atoms with Crippen molar-refractivity contribution in [1.82, 2.24) is 10.6 Å². The zero-order valence-corrected chi connectivity index (χ0v) is 12.8. The van der Waals surface area contributed by atoms with Crippen LogP contribution in [-0.2, 0) is 9.53 Å². The molecule has 1 aromatic rings. The third-order valence-electron chi connectivity index (χ3n) is 2.27. The van der Waals surface area contributed by atoms with E-state index in [9.17, 15) is 14.4 Å². The standard InChI is InChI=1S/C13H14Cl2N2O4/c1-2-5-16-13(20)17-11(18)7-21-12(19)9-6-8(14)3-4-10(9)15/h3-4,6H,2,5,7H2,1H3,(H2,16,17,18,20). The predicted molar refractivity (Wildman–Crippen MR) is 78.6 cm³/mol. The molecule has 0 aliphatic carbocycles. The molecule has 0 heterocycles. The number of carbonyl (C=O) groups excluding carboxylic acids is 3. The van der Waals surface area contributed by atoms with Crippen molar-refractivity contribution in [2.75, 3.05) is 13.2 Å². The van der Waals surface area contributed by atoms with Gasteiger partial charge in [-0.15, -0.1) is 0 Å². The van der Waals surface area contributed by atoms with Gasteiger partial charge in [-0.05, 0) is 24.6 Å². The summed E-state index contributed by atoms with van der Waals surface area (Å²) in [5.74, 6) is -1.54. The first-order valence-corrected chi connectivity index (χ1v) is 6.89. The second-order valence-corrected chi connectivity index (χ2v) is 4.85. The fourth-order valence-corrected chi connectivity index (χ4v) is 1.68. The Morgan fingerprint density at radius 2 is 1.95 bits per heavy atom. The Morgan fingerprint density at radius 1 is 1.24 bits per heavy atom. The molecular weight excluding hydrogens is 319 g/mol. The fourth-order valence-electron chi connectivity index (χ4n) is 1.31. The van der Waals surface area contributed by atoms with Gasteiger partial charge in [-0.3, -0.25) is 10.1 Å². The molecule has 0 fully saturated rings. The van der Waals surface area contributed by atoms with Gasteiger partial charge in [0.05, 0.1) is 10.6 Å². The first kappa shape index (κ1) is 17.3. The molecule has 0 bridgehead atoms. The lowest BCUT2D eigenvalue weighted by Crippen LogP contribution is -2.41. The van der Waals surface area contributed by atoms with Crippen molar-refractivity contribution in [2.45, 2.75) is 13.3 Å². The first-order valence-electron chi connectivity index (χ1n) is 6.14. The number of urea groups is 1. The van der Waals surface area contributed by atoms with Crippen molar-refractivity contribution >= 4 is 41.1 Å². The van der Waals surface area contributed by atoms with Gasteiger partial charge >= 0.3 is 12.0 Å². The van der Waals surface area contributed by atoms with Crippen LogP contribution in [0.25, 0.3) is 0 Å². The van der Waals surface area contributed by atoms with Crippen molar-refractivity contribution in [1.29, 1.82) is 0 Å². The molecule has 0 aliphatic rings. The number of hydrogen-bond acceptors (Lipinski definition) is 4. The molecule has 0 unspecified atom stereocenters. The van der Waals surface area contributed by atoms with Gasteiger partial charge in [-0.25, -0.2) is 9.59 Å². The Balaban J connectivity index is 2.47. The zero-order valence-electron chi connectivity index (χ0n) is 11.2. The minimum absolute atomic E-state index is 0.0485. The van der Waals surface area contributed by atoms with E-state index >= 15 is 0 Å². The third-order valence-corrected chi connectivity index (χ3v) is 2.84. The first-order chi connectivity index (χ1) is 9.93. The average Bonchev–Trinajstić information content (AvgIpc) is 2.45.